The van der Waals surface area contributed by atoms with Crippen LogP contribution in [0.2, 0.25) is 0 Å². The summed E-state index contributed by atoms with van der Waals surface area (Å²) < 4.78 is 14.8. The van der Waals surface area contributed by atoms with Gasteiger partial charge in [-0.15, -0.1) is 0 Å². The predicted octanol–water partition coefficient (Wildman–Crippen LogP) is 3.17. The summed E-state index contributed by atoms with van der Waals surface area (Å²) in [7, 11) is -1.57. The molecule has 0 heterocycles. The molecule has 0 radical (unpaired) electrons. The van der Waals surface area contributed by atoms with E-state index in [0.717, 1.165) is 19.3 Å². The molecule has 0 bridgehead atoms. The van der Waals surface area contributed by atoms with E-state index in [2.05, 4.69) is 0 Å². The van der Waals surface area contributed by atoms with Crippen molar-refractivity contribution >= 4 is 25.2 Å². The molecule has 0 aromatic heterocycles. The van der Waals surface area contributed by atoms with Crippen LogP contribution in [-0.2, 0) is 28.3 Å². The standard InChI is InChI=1S/C15H27BO6/c1-4-7-10-13(17)20-16(21-14(18)11-8-5-2)22-15(19)12-9-6-3/h4-12H2,1-3H3. The van der Waals surface area contributed by atoms with Crippen molar-refractivity contribution in [2.24, 2.45) is 0 Å². The highest BCUT2D eigenvalue weighted by Crippen LogP contribution is 2.06. The molecule has 0 atom stereocenters. The van der Waals surface area contributed by atoms with Gasteiger partial charge in [0.25, 0.3) is 17.9 Å². The van der Waals surface area contributed by atoms with Gasteiger partial charge in [0.15, 0.2) is 0 Å². The quantitative estimate of drug-likeness (QED) is 0.515. The molecule has 0 fully saturated rings. The van der Waals surface area contributed by atoms with E-state index in [1.54, 1.807) is 0 Å². The summed E-state index contributed by atoms with van der Waals surface area (Å²) in [4.78, 5) is 34.8. The molecule has 0 rings (SSSR count). The zero-order valence-corrected chi connectivity index (χ0v) is 13.9. The molecule has 0 saturated heterocycles. The summed E-state index contributed by atoms with van der Waals surface area (Å²) in [5.74, 6) is -1.63. The van der Waals surface area contributed by atoms with E-state index in [4.69, 9.17) is 14.0 Å². The summed E-state index contributed by atoms with van der Waals surface area (Å²) in [5, 5.41) is 0. The van der Waals surface area contributed by atoms with Crippen molar-refractivity contribution in [1.82, 2.24) is 0 Å². The molecular formula is C15H27BO6. The Labute approximate surface area is 133 Å². The Bertz CT molecular complexity index is 293. The van der Waals surface area contributed by atoms with Crippen LogP contribution in [0.15, 0.2) is 0 Å². The van der Waals surface area contributed by atoms with Crippen LogP contribution in [0.25, 0.3) is 0 Å². The molecule has 0 N–H and O–H groups in total. The van der Waals surface area contributed by atoms with E-state index in [-0.39, 0.29) is 19.3 Å². The predicted molar refractivity (Wildman–Crippen MR) is 82.6 cm³/mol. The number of carbonyl (C=O) groups is 3. The van der Waals surface area contributed by atoms with Gasteiger partial charge < -0.3 is 14.0 Å². The fourth-order valence-electron chi connectivity index (χ4n) is 1.53. The first-order valence-electron chi connectivity index (χ1n) is 8.11. The lowest BCUT2D eigenvalue weighted by Crippen LogP contribution is -2.34. The van der Waals surface area contributed by atoms with Crippen LogP contribution in [0.1, 0.15) is 78.6 Å². The van der Waals surface area contributed by atoms with Gasteiger partial charge in [0.2, 0.25) is 0 Å². The van der Waals surface area contributed by atoms with Crippen LogP contribution < -0.4 is 0 Å². The van der Waals surface area contributed by atoms with Crippen LogP contribution in [0.3, 0.4) is 0 Å². The second-order valence-electron chi connectivity index (χ2n) is 5.07. The fraction of sp³-hybridized carbons (Fsp3) is 0.800. The third kappa shape index (κ3) is 11.2. The van der Waals surface area contributed by atoms with Crippen LogP contribution in [-0.4, -0.2) is 25.2 Å². The number of rotatable bonds is 12. The van der Waals surface area contributed by atoms with Crippen LogP contribution in [0.4, 0.5) is 0 Å². The Balaban J connectivity index is 4.44. The zero-order valence-electron chi connectivity index (χ0n) is 13.9. The first-order chi connectivity index (χ1) is 10.5. The molecule has 0 amide bonds. The summed E-state index contributed by atoms with van der Waals surface area (Å²) in [6, 6.07) is 0. The van der Waals surface area contributed by atoms with Gasteiger partial charge in [-0.25, -0.2) is 0 Å². The molecule has 0 aromatic carbocycles. The first-order valence-corrected chi connectivity index (χ1v) is 8.11. The lowest BCUT2D eigenvalue weighted by atomic mass is 10.1. The van der Waals surface area contributed by atoms with E-state index in [9.17, 15) is 14.4 Å². The van der Waals surface area contributed by atoms with E-state index >= 15 is 0 Å². The fourth-order valence-corrected chi connectivity index (χ4v) is 1.53. The van der Waals surface area contributed by atoms with Crippen molar-refractivity contribution in [1.29, 1.82) is 0 Å². The highest BCUT2D eigenvalue weighted by Gasteiger charge is 2.35. The van der Waals surface area contributed by atoms with E-state index < -0.39 is 25.2 Å². The minimum Gasteiger partial charge on any atom is -0.462 e. The van der Waals surface area contributed by atoms with Crippen molar-refractivity contribution in [3.05, 3.63) is 0 Å². The van der Waals surface area contributed by atoms with E-state index in [0.29, 0.717) is 19.3 Å². The second-order valence-corrected chi connectivity index (χ2v) is 5.07. The van der Waals surface area contributed by atoms with Crippen molar-refractivity contribution in [3.63, 3.8) is 0 Å². The van der Waals surface area contributed by atoms with Gasteiger partial charge in [-0.1, -0.05) is 40.0 Å². The van der Waals surface area contributed by atoms with Gasteiger partial charge in [-0.2, -0.15) is 0 Å². The molecule has 126 valence electrons. The van der Waals surface area contributed by atoms with Crippen molar-refractivity contribution in [2.45, 2.75) is 78.6 Å². The van der Waals surface area contributed by atoms with Crippen molar-refractivity contribution in [3.8, 4) is 0 Å². The summed E-state index contributed by atoms with van der Waals surface area (Å²) >= 11 is 0. The average molecular weight is 314 g/mol. The topological polar surface area (TPSA) is 78.9 Å². The molecule has 0 aromatic rings. The SMILES string of the molecule is CCCCC(=O)OB(OC(=O)CCCC)OC(=O)CCCC. The number of hydrogen-bond acceptors (Lipinski definition) is 6. The Kier molecular flexibility index (Phi) is 12.2. The first kappa shape index (κ1) is 20.5. The minimum absolute atomic E-state index is 0.200. The molecule has 0 spiro atoms. The molecule has 7 heteroatoms. The molecule has 0 saturated carbocycles. The van der Waals surface area contributed by atoms with Gasteiger partial charge >= 0.3 is 7.32 Å². The largest absolute Gasteiger partial charge is 0.870 e. The molecule has 0 aliphatic rings. The molecular weight excluding hydrogens is 287 g/mol. The lowest BCUT2D eigenvalue weighted by Gasteiger charge is -2.13. The zero-order chi connectivity index (χ0) is 16.8. The third-order valence-electron chi connectivity index (χ3n) is 2.89. The monoisotopic (exact) mass is 314 g/mol. The van der Waals surface area contributed by atoms with Crippen molar-refractivity contribution < 1.29 is 28.3 Å². The summed E-state index contributed by atoms with van der Waals surface area (Å²) in [6.07, 6.45) is 5.12. The maximum atomic E-state index is 11.6. The molecule has 0 aliphatic heterocycles. The van der Waals surface area contributed by atoms with Gasteiger partial charge in [0, 0.05) is 19.3 Å². The number of unbranched alkanes of at least 4 members (excludes halogenated alkanes) is 3. The smallest absolute Gasteiger partial charge is 0.462 e. The van der Waals surface area contributed by atoms with Gasteiger partial charge in [0.05, 0.1) is 0 Å². The lowest BCUT2D eigenvalue weighted by molar-refractivity contribution is -0.148. The maximum Gasteiger partial charge on any atom is 0.870 e. The number of hydrogen-bond donors (Lipinski definition) is 0. The Morgan fingerprint density at radius 1 is 0.636 bits per heavy atom. The van der Waals surface area contributed by atoms with Gasteiger partial charge in [-0.3, -0.25) is 14.4 Å². The average Bonchev–Trinajstić information content (AvgIpc) is 2.48. The number of carbonyl (C=O) groups excluding carboxylic acids is 3. The highest BCUT2D eigenvalue weighted by molar-refractivity contribution is 6.44. The van der Waals surface area contributed by atoms with Crippen LogP contribution >= 0.6 is 0 Å². The van der Waals surface area contributed by atoms with Crippen LogP contribution in [0, 0.1) is 0 Å². The minimum atomic E-state index is -1.57. The molecule has 0 aliphatic carbocycles. The third-order valence-corrected chi connectivity index (χ3v) is 2.89. The normalized spacial score (nSPS) is 9.95. The Morgan fingerprint density at radius 3 is 1.14 bits per heavy atom. The summed E-state index contributed by atoms with van der Waals surface area (Å²) in [5.41, 5.74) is 0. The van der Waals surface area contributed by atoms with Crippen LogP contribution in [0.5, 0.6) is 0 Å². The molecule has 6 nitrogen and oxygen atoms in total. The maximum absolute atomic E-state index is 11.6. The van der Waals surface area contributed by atoms with Gasteiger partial charge in [-0.05, 0) is 19.3 Å². The highest BCUT2D eigenvalue weighted by atomic mass is 16.8. The van der Waals surface area contributed by atoms with E-state index in [1.165, 1.54) is 0 Å². The molecule has 0 unspecified atom stereocenters. The van der Waals surface area contributed by atoms with Crippen molar-refractivity contribution in [2.75, 3.05) is 0 Å². The van der Waals surface area contributed by atoms with Gasteiger partial charge in [0.1, 0.15) is 0 Å². The Morgan fingerprint density at radius 2 is 0.909 bits per heavy atom. The summed E-state index contributed by atoms with van der Waals surface area (Å²) in [6.45, 7) is 5.83. The second kappa shape index (κ2) is 13.2. The molecule has 22 heavy (non-hydrogen) atoms. The van der Waals surface area contributed by atoms with E-state index in [1.807, 2.05) is 20.8 Å². The Hall–Kier alpha value is -1.53.